The van der Waals surface area contributed by atoms with Crippen LogP contribution in [-0.4, -0.2) is 38.0 Å². The summed E-state index contributed by atoms with van der Waals surface area (Å²) in [4.78, 5) is 16.4. The van der Waals surface area contributed by atoms with Crippen molar-refractivity contribution in [2.24, 2.45) is 0 Å². The fourth-order valence-electron chi connectivity index (χ4n) is 3.56. The Morgan fingerprint density at radius 1 is 1.27 bits per heavy atom. The van der Waals surface area contributed by atoms with Crippen LogP contribution in [0.25, 0.3) is 0 Å². The van der Waals surface area contributed by atoms with Gasteiger partial charge < -0.3 is 15.2 Å². The summed E-state index contributed by atoms with van der Waals surface area (Å²) in [6.07, 6.45) is 1.15. The van der Waals surface area contributed by atoms with Crippen LogP contribution < -0.4 is 10.6 Å². The maximum Gasteiger partial charge on any atom is 0.410 e. The second-order valence-corrected chi connectivity index (χ2v) is 7.17. The molecular weight excluding hydrogens is 397 g/mol. The molecular formula is C20H21F3N6O. The summed E-state index contributed by atoms with van der Waals surface area (Å²) in [5.41, 5.74) is 0.716. The summed E-state index contributed by atoms with van der Waals surface area (Å²) in [7, 11) is 0. The number of amides is 1. The van der Waals surface area contributed by atoms with Crippen molar-refractivity contribution in [2.75, 3.05) is 11.9 Å². The number of rotatable bonds is 6. The van der Waals surface area contributed by atoms with E-state index in [0.717, 1.165) is 10.2 Å². The van der Waals surface area contributed by atoms with Crippen LogP contribution in [0.5, 0.6) is 0 Å². The van der Waals surface area contributed by atoms with E-state index in [1.807, 2.05) is 16.8 Å². The number of nitrogens with one attached hydrogen (secondary N) is 2. The molecule has 1 aliphatic rings. The first-order valence-electron chi connectivity index (χ1n) is 9.63. The lowest BCUT2D eigenvalue weighted by molar-refractivity contribution is -0.173. The smallest absolute Gasteiger partial charge is 0.363 e. The van der Waals surface area contributed by atoms with Crippen LogP contribution in [0.4, 0.5) is 19.0 Å². The Bertz CT molecular complexity index is 984. The zero-order valence-corrected chi connectivity index (χ0v) is 16.0. The van der Waals surface area contributed by atoms with E-state index in [0.29, 0.717) is 19.5 Å². The average Bonchev–Trinajstić information content (AvgIpc) is 3.39. The van der Waals surface area contributed by atoms with Crippen LogP contribution in [0, 0.1) is 0 Å². The summed E-state index contributed by atoms with van der Waals surface area (Å²) in [5, 5.41) is 9.76. The number of fused-ring (bicyclic) bond motifs is 1. The lowest BCUT2D eigenvalue weighted by Crippen LogP contribution is -2.35. The van der Waals surface area contributed by atoms with E-state index in [1.165, 1.54) is 6.07 Å². The molecule has 0 saturated heterocycles. The topological polar surface area (TPSA) is 76.8 Å². The minimum Gasteiger partial charge on any atom is -0.363 e. The Labute approximate surface area is 170 Å². The number of anilines is 1. The van der Waals surface area contributed by atoms with Gasteiger partial charge >= 0.3 is 6.18 Å². The molecule has 2 N–H and O–H groups in total. The zero-order chi connectivity index (χ0) is 21.1. The molecule has 0 saturated carbocycles. The van der Waals surface area contributed by atoms with Crippen molar-refractivity contribution in [3.8, 4) is 0 Å². The van der Waals surface area contributed by atoms with Crippen molar-refractivity contribution in [3.63, 3.8) is 0 Å². The molecule has 3 heterocycles. The third-order valence-corrected chi connectivity index (χ3v) is 5.06. The maximum atomic E-state index is 13.7. The van der Waals surface area contributed by atoms with E-state index < -0.39 is 24.2 Å². The quantitative estimate of drug-likeness (QED) is 0.600. The Morgan fingerprint density at radius 3 is 2.77 bits per heavy atom. The summed E-state index contributed by atoms with van der Waals surface area (Å²) < 4.78 is 43.9. The van der Waals surface area contributed by atoms with Crippen molar-refractivity contribution >= 4 is 11.7 Å². The van der Waals surface area contributed by atoms with Gasteiger partial charge in [0, 0.05) is 38.0 Å². The molecule has 0 aliphatic carbocycles. The molecule has 0 radical (unpaired) electrons. The van der Waals surface area contributed by atoms with Crippen LogP contribution in [0.2, 0.25) is 0 Å². The largest absolute Gasteiger partial charge is 0.410 e. The van der Waals surface area contributed by atoms with Crippen molar-refractivity contribution in [1.29, 1.82) is 0 Å². The van der Waals surface area contributed by atoms with E-state index in [1.54, 1.807) is 36.8 Å². The van der Waals surface area contributed by atoms with Gasteiger partial charge in [-0.05, 0) is 12.0 Å². The number of benzene rings is 1. The van der Waals surface area contributed by atoms with Gasteiger partial charge in [0.15, 0.2) is 11.7 Å². The number of imidazole rings is 1. The van der Waals surface area contributed by atoms with Gasteiger partial charge in [0.1, 0.15) is 5.82 Å². The lowest BCUT2D eigenvalue weighted by atomic mass is 9.97. The van der Waals surface area contributed by atoms with Gasteiger partial charge in [-0.3, -0.25) is 4.79 Å². The van der Waals surface area contributed by atoms with E-state index in [2.05, 4.69) is 20.7 Å². The van der Waals surface area contributed by atoms with Gasteiger partial charge in [-0.2, -0.15) is 18.3 Å². The van der Waals surface area contributed by atoms with Crippen molar-refractivity contribution in [3.05, 3.63) is 66.4 Å². The molecule has 158 valence electrons. The first-order valence-corrected chi connectivity index (χ1v) is 9.63. The number of aryl methyl sites for hydroxylation is 1. The van der Waals surface area contributed by atoms with E-state index in [-0.39, 0.29) is 17.9 Å². The summed E-state index contributed by atoms with van der Waals surface area (Å²) >= 11 is 0. The third kappa shape index (κ3) is 4.32. The molecule has 7 nitrogen and oxygen atoms in total. The van der Waals surface area contributed by atoms with Crippen LogP contribution >= 0.6 is 0 Å². The van der Waals surface area contributed by atoms with Gasteiger partial charge in [0.2, 0.25) is 0 Å². The minimum atomic E-state index is -4.48. The predicted molar refractivity (Wildman–Crippen MR) is 104 cm³/mol. The highest BCUT2D eigenvalue weighted by molar-refractivity contribution is 5.93. The Kier molecular flexibility index (Phi) is 5.47. The highest BCUT2D eigenvalue weighted by Gasteiger charge is 2.46. The van der Waals surface area contributed by atoms with Crippen LogP contribution in [0.3, 0.4) is 0 Å². The number of halogens is 3. The molecule has 0 bridgehead atoms. The second-order valence-electron chi connectivity index (χ2n) is 7.17. The summed E-state index contributed by atoms with van der Waals surface area (Å²) in [5.74, 6) is -0.317. The Morgan fingerprint density at radius 2 is 2.07 bits per heavy atom. The molecule has 1 aliphatic heterocycles. The minimum absolute atomic E-state index is 0.0388. The van der Waals surface area contributed by atoms with Crippen molar-refractivity contribution in [1.82, 2.24) is 24.6 Å². The number of hydrogen-bond donors (Lipinski definition) is 2. The van der Waals surface area contributed by atoms with Crippen LogP contribution in [0.1, 0.15) is 41.0 Å². The highest BCUT2D eigenvalue weighted by atomic mass is 19.4. The normalized spacial score (nSPS) is 18.5. The molecule has 0 unspecified atom stereocenters. The third-order valence-electron chi connectivity index (χ3n) is 5.06. The fourth-order valence-corrected chi connectivity index (χ4v) is 3.56. The van der Waals surface area contributed by atoms with Crippen LogP contribution in [-0.2, 0) is 6.54 Å². The van der Waals surface area contributed by atoms with Crippen molar-refractivity contribution < 1.29 is 18.0 Å². The molecule has 3 aromatic rings. The average molecular weight is 418 g/mol. The van der Waals surface area contributed by atoms with Gasteiger partial charge in [0.25, 0.3) is 5.91 Å². The summed E-state index contributed by atoms with van der Waals surface area (Å²) in [6, 6.07) is 8.00. The van der Waals surface area contributed by atoms with Gasteiger partial charge in [-0.15, -0.1) is 0 Å². The number of alkyl halides is 3. The summed E-state index contributed by atoms with van der Waals surface area (Å²) in [6.45, 7) is 1.05. The standard InChI is InChI=1S/C20H21F3N6O/c21-20(22,23)17-11-15(14-5-2-1-3-6-14)26-18-12-16(27-29(17)18)19(30)25-7-4-9-28-10-8-24-13-28/h1-3,5-6,8,10,12-13,15,17,26H,4,7,9,11H2,(H,25,30)/t15-,17+/m1/s1. The SMILES string of the molecule is O=C(NCCCn1ccnc1)c1cc2n(n1)[C@H](C(F)(F)F)C[C@H](c1ccccc1)N2. The number of carbonyl (C=O) groups is 1. The van der Waals surface area contributed by atoms with E-state index in [9.17, 15) is 18.0 Å². The molecule has 2 atom stereocenters. The lowest BCUT2D eigenvalue weighted by Gasteiger charge is -2.33. The molecule has 2 aromatic heterocycles. The Balaban J connectivity index is 1.47. The van der Waals surface area contributed by atoms with Gasteiger partial charge in [0.05, 0.1) is 12.4 Å². The van der Waals surface area contributed by atoms with E-state index >= 15 is 0 Å². The first-order chi connectivity index (χ1) is 14.4. The molecule has 30 heavy (non-hydrogen) atoms. The van der Waals surface area contributed by atoms with Gasteiger partial charge in [-0.25, -0.2) is 9.67 Å². The highest BCUT2D eigenvalue weighted by Crippen LogP contribution is 2.43. The predicted octanol–water partition coefficient (Wildman–Crippen LogP) is 3.56. The number of aromatic nitrogens is 4. The maximum absolute atomic E-state index is 13.7. The Hall–Kier alpha value is -3.30. The first kappa shape index (κ1) is 20.0. The van der Waals surface area contributed by atoms with Crippen molar-refractivity contribution in [2.45, 2.75) is 37.6 Å². The van der Waals surface area contributed by atoms with E-state index in [4.69, 9.17) is 0 Å². The van der Waals surface area contributed by atoms with Crippen LogP contribution in [0.15, 0.2) is 55.1 Å². The number of carbonyl (C=O) groups excluding carboxylic acids is 1. The molecule has 10 heteroatoms. The second kappa shape index (κ2) is 8.21. The number of hydrogen-bond acceptors (Lipinski definition) is 4. The molecule has 1 amide bonds. The molecule has 0 fully saturated rings. The number of nitrogens with zero attached hydrogens (tertiary/aromatic N) is 4. The molecule has 1 aromatic carbocycles. The monoisotopic (exact) mass is 418 g/mol. The van der Waals surface area contributed by atoms with Gasteiger partial charge in [-0.1, -0.05) is 30.3 Å². The molecule has 4 rings (SSSR count). The zero-order valence-electron chi connectivity index (χ0n) is 16.0. The molecule has 0 spiro atoms. The fraction of sp³-hybridized carbons (Fsp3) is 0.350.